The Morgan fingerprint density at radius 3 is 0.909 bits per heavy atom. The van der Waals surface area contributed by atoms with E-state index in [0.29, 0.717) is 0 Å². The van der Waals surface area contributed by atoms with Gasteiger partial charge in [-0.15, -0.1) is 0 Å². The van der Waals surface area contributed by atoms with Crippen LogP contribution in [0.25, 0.3) is 0 Å². The molecule has 0 aliphatic carbocycles. The number of ether oxygens (including phenoxy) is 1. The molecular weight excluding hydrogens is 438 g/mol. The van der Waals surface area contributed by atoms with Crippen molar-refractivity contribution in [3.8, 4) is 0 Å². The van der Waals surface area contributed by atoms with Crippen LogP contribution >= 0.6 is 15.8 Å². The molecule has 0 radical (unpaired) electrons. The van der Waals surface area contributed by atoms with E-state index in [9.17, 15) is 0 Å². The summed E-state index contributed by atoms with van der Waals surface area (Å²) >= 11 is 0. The topological polar surface area (TPSA) is 9.23 Å². The van der Waals surface area contributed by atoms with Gasteiger partial charge in [0.2, 0.25) is 0 Å². The van der Waals surface area contributed by atoms with Crippen molar-refractivity contribution in [3.05, 3.63) is 121 Å². The molecule has 0 heterocycles. The maximum absolute atomic E-state index is 7.15. The van der Waals surface area contributed by atoms with E-state index in [1.165, 1.54) is 21.2 Å². The van der Waals surface area contributed by atoms with E-state index < -0.39 is 15.8 Å². The average Bonchev–Trinajstić information content (AvgIpc) is 2.90. The van der Waals surface area contributed by atoms with Gasteiger partial charge in [-0.2, -0.15) is 0 Å². The summed E-state index contributed by atoms with van der Waals surface area (Å²) in [5, 5.41) is 5.52. The standard InChI is InChI=1S/C30H32OP2/c1-3-29(32(25-17-9-5-10-18-25)26-19-11-6-12-20-26)31-30(4-2)33(27-21-13-7-14-22-27)28-23-15-8-16-24-28/h5-24,29-30H,3-4H2,1-2H3. The molecule has 0 aliphatic heterocycles. The molecule has 0 aliphatic rings. The molecule has 0 bridgehead atoms. The molecule has 0 fully saturated rings. The second kappa shape index (κ2) is 12.2. The zero-order valence-electron chi connectivity index (χ0n) is 19.4. The highest BCUT2D eigenvalue weighted by atomic mass is 31.1. The zero-order valence-corrected chi connectivity index (χ0v) is 21.2. The molecule has 0 saturated heterocycles. The fourth-order valence-corrected chi connectivity index (χ4v) is 9.44. The van der Waals surface area contributed by atoms with Gasteiger partial charge in [-0.3, -0.25) is 0 Å². The molecule has 1 nitrogen and oxygen atoms in total. The van der Waals surface area contributed by atoms with Crippen LogP contribution in [0.3, 0.4) is 0 Å². The fraction of sp³-hybridized carbons (Fsp3) is 0.200. The molecule has 0 aromatic heterocycles. The Balaban J connectivity index is 1.72. The quantitative estimate of drug-likeness (QED) is 0.233. The third-order valence-corrected chi connectivity index (χ3v) is 11.3. The highest BCUT2D eigenvalue weighted by molar-refractivity contribution is 7.74. The lowest BCUT2D eigenvalue weighted by Gasteiger charge is -2.35. The van der Waals surface area contributed by atoms with Crippen molar-refractivity contribution in [1.29, 1.82) is 0 Å². The Morgan fingerprint density at radius 1 is 0.455 bits per heavy atom. The van der Waals surface area contributed by atoms with Crippen molar-refractivity contribution >= 4 is 37.1 Å². The van der Waals surface area contributed by atoms with E-state index in [1.807, 2.05) is 0 Å². The predicted octanol–water partition coefficient (Wildman–Crippen LogP) is 6.74. The van der Waals surface area contributed by atoms with Gasteiger partial charge in [-0.05, 0) is 49.9 Å². The van der Waals surface area contributed by atoms with Gasteiger partial charge in [0.15, 0.2) is 0 Å². The summed E-state index contributed by atoms with van der Waals surface area (Å²) in [7, 11) is -1.25. The molecule has 2 atom stereocenters. The molecule has 0 spiro atoms. The molecular formula is C30H32OP2. The Hall–Kier alpha value is -2.30. The molecule has 2 unspecified atom stereocenters. The molecule has 0 amide bonds. The minimum Gasteiger partial charge on any atom is -0.365 e. The largest absolute Gasteiger partial charge is 0.365 e. The van der Waals surface area contributed by atoms with E-state index >= 15 is 0 Å². The van der Waals surface area contributed by atoms with E-state index in [2.05, 4.69) is 135 Å². The molecule has 4 aromatic carbocycles. The summed E-state index contributed by atoms with van der Waals surface area (Å²) < 4.78 is 7.15. The number of hydrogen-bond donors (Lipinski definition) is 0. The van der Waals surface area contributed by atoms with Gasteiger partial charge in [0.25, 0.3) is 0 Å². The number of rotatable bonds is 10. The van der Waals surface area contributed by atoms with Gasteiger partial charge in [0.05, 0.1) is 11.7 Å². The van der Waals surface area contributed by atoms with Crippen molar-refractivity contribution in [2.24, 2.45) is 0 Å². The van der Waals surface area contributed by atoms with E-state index in [0.717, 1.165) is 12.8 Å². The summed E-state index contributed by atoms with van der Waals surface area (Å²) in [5.74, 6) is 0.319. The maximum atomic E-state index is 7.15. The highest BCUT2D eigenvalue weighted by Gasteiger charge is 2.31. The Bertz CT molecular complexity index is 903. The summed E-state index contributed by atoms with van der Waals surface area (Å²) in [6.07, 6.45) is 1.97. The normalized spacial score (nSPS) is 13.2. The van der Waals surface area contributed by atoms with Gasteiger partial charge in [-0.25, -0.2) is 0 Å². The molecule has 4 aromatic rings. The second-order valence-corrected chi connectivity index (χ2v) is 12.6. The minimum atomic E-state index is -0.627. The molecule has 4 rings (SSSR count). The van der Waals surface area contributed by atoms with Gasteiger partial charge in [0, 0.05) is 0 Å². The van der Waals surface area contributed by atoms with E-state index in [4.69, 9.17) is 4.74 Å². The monoisotopic (exact) mass is 470 g/mol. The average molecular weight is 471 g/mol. The van der Waals surface area contributed by atoms with Crippen LogP contribution in [-0.2, 0) is 4.74 Å². The Kier molecular flexibility index (Phi) is 8.85. The van der Waals surface area contributed by atoms with Crippen LogP contribution in [0.4, 0.5) is 0 Å². The molecule has 168 valence electrons. The van der Waals surface area contributed by atoms with E-state index in [1.54, 1.807) is 0 Å². The van der Waals surface area contributed by atoms with Gasteiger partial charge in [-0.1, -0.05) is 135 Å². The summed E-state index contributed by atoms with van der Waals surface area (Å²) in [6, 6.07) is 43.7. The number of benzene rings is 4. The van der Waals surface area contributed by atoms with Gasteiger partial charge >= 0.3 is 0 Å². The van der Waals surface area contributed by atoms with Crippen molar-refractivity contribution < 1.29 is 4.74 Å². The molecule has 33 heavy (non-hydrogen) atoms. The highest BCUT2D eigenvalue weighted by Crippen LogP contribution is 2.48. The minimum absolute atomic E-state index is 0.159. The molecule has 3 heteroatoms. The third kappa shape index (κ3) is 5.99. The van der Waals surface area contributed by atoms with Gasteiger partial charge < -0.3 is 4.74 Å². The van der Waals surface area contributed by atoms with E-state index in [-0.39, 0.29) is 11.7 Å². The number of hydrogen-bond acceptors (Lipinski definition) is 1. The summed E-state index contributed by atoms with van der Waals surface area (Å²) in [4.78, 5) is 0. The van der Waals surface area contributed by atoms with Crippen LogP contribution < -0.4 is 21.2 Å². The first-order valence-corrected chi connectivity index (χ1v) is 14.6. The van der Waals surface area contributed by atoms with Crippen LogP contribution in [0, 0.1) is 0 Å². The zero-order chi connectivity index (χ0) is 22.9. The predicted molar refractivity (Wildman–Crippen MR) is 147 cm³/mol. The van der Waals surface area contributed by atoms with Crippen LogP contribution in [0.2, 0.25) is 0 Å². The van der Waals surface area contributed by atoms with Gasteiger partial charge in [0.1, 0.15) is 0 Å². The first-order chi connectivity index (χ1) is 16.3. The van der Waals surface area contributed by atoms with Crippen LogP contribution in [0.1, 0.15) is 26.7 Å². The molecule has 0 N–H and O–H groups in total. The Morgan fingerprint density at radius 2 is 0.697 bits per heavy atom. The van der Waals surface area contributed by atoms with Crippen molar-refractivity contribution in [1.82, 2.24) is 0 Å². The van der Waals surface area contributed by atoms with Crippen molar-refractivity contribution in [2.75, 3.05) is 0 Å². The lowest BCUT2D eigenvalue weighted by molar-refractivity contribution is 0.0820. The lowest BCUT2D eigenvalue weighted by atomic mass is 10.4. The fourth-order valence-electron chi connectivity index (χ4n) is 4.18. The van der Waals surface area contributed by atoms with Crippen LogP contribution in [-0.4, -0.2) is 11.7 Å². The van der Waals surface area contributed by atoms with Crippen LogP contribution in [0.5, 0.6) is 0 Å². The second-order valence-electron chi connectivity index (χ2n) is 7.94. The molecule has 0 saturated carbocycles. The summed E-state index contributed by atoms with van der Waals surface area (Å²) in [6.45, 7) is 4.54. The first kappa shape index (κ1) is 23.8. The Labute approximate surface area is 201 Å². The first-order valence-electron chi connectivity index (χ1n) is 11.8. The van der Waals surface area contributed by atoms with Crippen molar-refractivity contribution in [3.63, 3.8) is 0 Å². The lowest BCUT2D eigenvalue weighted by Crippen LogP contribution is -2.30. The smallest absolute Gasteiger partial charge is 0.0854 e. The third-order valence-electron chi connectivity index (χ3n) is 5.73. The SMILES string of the molecule is CCC(OC(CC)P(c1ccccc1)c1ccccc1)P(c1ccccc1)c1ccccc1. The van der Waals surface area contributed by atoms with Crippen molar-refractivity contribution in [2.45, 2.75) is 38.4 Å². The summed E-state index contributed by atoms with van der Waals surface area (Å²) in [5.41, 5.74) is 0. The van der Waals surface area contributed by atoms with Crippen LogP contribution in [0.15, 0.2) is 121 Å². The maximum Gasteiger partial charge on any atom is 0.0854 e.